The van der Waals surface area contributed by atoms with Crippen LogP contribution in [0.25, 0.3) is 0 Å². The van der Waals surface area contributed by atoms with Crippen LogP contribution in [0.4, 0.5) is 0 Å². The van der Waals surface area contributed by atoms with Gasteiger partial charge in [-0.15, -0.1) is 0 Å². The first-order valence-electron chi connectivity index (χ1n) is 6.60. The zero-order valence-corrected chi connectivity index (χ0v) is 11.1. The molecule has 4 nitrogen and oxygen atoms in total. The number of carboxylic acids is 1. The first kappa shape index (κ1) is 12.1. The smallest absolute Gasteiger partial charge is 0.313 e. The van der Waals surface area contributed by atoms with Gasteiger partial charge in [0.15, 0.2) is 5.16 Å². The quantitative estimate of drug-likeness (QED) is 0.770. The van der Waals surface area contributed by atoms with Gasteiger partial charge >= 0.3 is 5.97 Å². The number of carboxylic acid groups (broad SMARTS) is 1. The van der Waals surface area contributed by atoms with E-state index in [-0.39, 0.29) is 5.75 Å². The average molecular weight is 266 g/mol. The molecule has 0 amide bonds. The van der Waals surface area contributed by atoms with Crippen molar-refractivity contribution in [3.63, 3.8) is 0 Å². The van der Waals surface area contributed by atoms with Gasteiger partial charge in [0.25, 0.3) is 0 Å². The lowest BCUT2D eigenvalue weighted by molar-refractivity contribution is -0.133. The lowest BCUT2D eigenvalue weighted by atomic mass is 9.98. The number of aliphatic carboxylic acids is 1. The molecule has 1 aromatic heterocycles. The average Bonchev–Trinajstić information content (AvgIpc) is 3.23. The minimum Gasteiger partial charge on any atom is -0.481 e. The summed E-state index contributed by atoms with van der Waals surface area (Å²) in [5, 5.41) is 9.57. The maximum Gasteiger partial charge on any atom is 0.313 e. The predicted octanol–water partition coefficient (Wildman–Crippen LogP) is 2.50. The normalized spacial score (nSPS) is 19.4. The SMILES string of the molecule is O=C(O)CSc1nccn1CC(C1CC1)C1CC1. The Kier molecular flexibility index (Phi) is 3.33. The molecule has 2 aliphatic rings. The number of aromatic nitrogens is 2. The third-order valence-electron chi connectivity index (χ3n) is 3.86. The highest BCUT2D eigenvalue weighted by Crippen LogP contribution is 2.50. The molecule has 2 fully saturated rings. The van der Waals surface area contributed by atoms with Crippen LogP contribution < -0.4 is 0 Å². The largest absolute Gasteiger partial charge is 0.481 e. The van der Waals surface area contributed by atoms with Crippen molar-refractivity contribution in [2.45, 2.75) is 37.4 Å². The molecule has 5 heteroatoms. The fourth-order valence-corrected chi connectivity index (χ4v) is 3.35. The fraction of sp³-hybridized carbons (Fsp3) is 0.692. The summed E-state index contributed by atoms with van der Waals surface area (Å²) in [7, 11) is 0. The molecule has 3 rings (SSSR count). The third kappa shape index (κ3) is 2.88. The summed E-state index contributed by atoms with van der Waals surface area (Å²) in [5.41, 5.74) is 0. The molecule has 0 aliphatic heterocycles. The Hall–Kier alpha value is -0.970. The molecule has 1 N–H and O–H groups in total. The topological polar surface area (TPSA) is 55.1 Å². The van der Waals surface area contributed by atoms with Crippen molar-refractivity contribution >= 4 is 17.7 Å². The Bertz CT molecular complexity index is 426. The van der Waals surface area contributed by atoms with Crippen molar-refractivity contribution in [2.24, 2.45) is 17.8 Å². The number of imidazole rings is 1. The summed E-state index contributed by atoms with van der Waals surface area (Å²) in [4.78, 5) is 14.9. The molecule has 2 aliphatic carbocycles. The van der Waals surface area contributed by atoms with E-state index in [9.17, 15) is 4.79 Å². The van der Waals surface area contributed by atoms with Gasteiger partial charge in [-0.3, -0.25) is 4.79 Å². The highest BCUT2D eigenvalue weighted by atomic mass is 32.2. The van der Waals surface area contributed by atoms with Gasteiger partial charge in [-0.05, 0) is 43.4 Å². The van der Waals surface area contributed by atoms with E-state index in [1.165, 1.54) is 37.4 Å². The lowest BCUT2D eigenvalue weighted by Crippen LogP contribution is -2.15. The van der Waals surface area contributed by atoms with Gasteiger partial charge in [-0.1, -0.05) is 11.8 Å². The van der Waals surface area contributed by atoms with Gasteiger partial charge in [0.1, 0.15) is 0 Å². The van der Waals surface area contributed by atoms with Crippen LogP contribution in [-0.4, -0.2) is 26.4 Å². The van der Waals surface area contributed by atoms with Crippen LogP contribution in [0.1, 0.15) is 25.7 Å². The number of carbonyl (C=O) groups is 1. The van der Waals surface area contributed by atoms with E-state index in [2.05, 4.69) is 9.55 Å². The van der Waals surface area contributed by atoms with Crippen molar-refractivity contribution in [1.29, 1.82) is 0 Å². The Balaban J connectivity index is 1.64. The van der Waals surface area contributed by atoms with E-state index in [0.717, 1.165) is 29.5 Å². The van der Waals surface area contributed by atoms with Gasteiger partial charge in [0.2, 0.25) is 0 Å². The standard InChI is InChI=1S/C13H18N2O2S/c16-12(17)8-18-13-14-5-6-15(13)7-11(9-1-2-9)10-3-4-10/h5-6,9-11H,1-4,7-8H2,(H,16,17). The van der Waals surface area contributed by atoms with Gasteiger partial charge in [0, 0.05) is 18.9 Å². The van der Waals surface area contributed by atoms with E-state index in [4.69, 9.17) is 5.11 Å². The van der Waals surface area contributed by atoms with Crippen molar-refractivity contribution in [3.8, 4) is 0 Å². The molecule has 1 aromatic rings. The van der Waals surface area contributed by atoms with E-state index in [0.29, 0.717) is 0 Å². The molecule has 2 saturated carbocycles. The molecule has 0 atom stereocenters. The van der Waals surface area contributed by atoms with Crippen LogP contribution in [-0.2, 0) is 11.3 Å². The molecule has 0 radical (unpaired) electrons. The van der Waals surface area contributed by atoms with E-state index >= 15 is 0 Å². The highest BCUT2D eigenvalue weighted by molar-refractivity contribution is 7.99. The molecule has 0 spiro atoms. The third-order valence-corrected chi connectivity index (χ3v) is 4.85. The van der Waals surface area contributed by atoms with Crippen LogP contribution >= 0.6 is 11.8 Å². The molecular formula is C13H18N2O2S. The van der Waals surface area contributed by atoms with Crippen molar-refractivity contribution < 1.29 is 9.90 Å². The Morgan fingerprint density at radius 3 is 2.67 bits per heavy atom. The zero-order chi connectivity index (χ0) is 12.5. The van der Waals surface area contributed by atoms with Crippen molar-refractivity contribution in [3.05, 3.63) is 12.4 Å². The Morgan fingerprint density at radius 1 is 1.44 bits per heavy atom. The van der Waals surface area contributed by atoms with Crippen molar-refractivity contribution in [2.75, 3.05) is 5.75 Å². The van der Waals surface area contributed by atoms with Crippen LogP contribution in [0.2, 0.25) is 0 Å². The van der Waals surface area contributed by atoms with Crippen LogP contribution in [0, 0.1) is 17.8 Å². The van der Waals surface area contributed by atoms with Gasteiger partial charge in [0.05, 0.1) is 5.75 Å². The van der Waals surface area contributed by atoms with Crippen LogP contribution in [0.5, 0.6) is 0 Å². The molecule has 0 aromatic carbocycles. The fourth-order valence-electron chi connectivity index (χ4n) is 2.66. The van der Waals surface area contributed by atoms with E-state index in [1.807, 2.05) is 6.20 Å². The number of rotatable bonds is 7. The summed E-state index contributed by atoms with van der Waals surface area (Å²) in [6.07, 6.45) is 9.30. The van der Waals surface area contributed by atoms with Gasteiger partial charge in [-0.2, -0.15) is 0 Å². The molecule has 18 heavy (non-hydrogen) atoms. The summed E-state index contributed by atoms with van der Waals surface area (Å²) >= 11 is 1.32. The number of hydrogen-bond donors (Lipinski definition) is 1. The van der Waals surface area contributed by atoms with Crippen LogP contribution in [0.3, 0.4) is 0 Å². The van der Waals surface area contributed by atoms with E-state index in [1.54, 1.807) is 6.20 Å². The molecule has 0 bridgehead atoms. The predicted molar refractivity (Wildman–Crippen MR) is 69.5 cm³/mol. The highest BCUT2D eigenvalue weighted by Gasteiger charge is 2.41. The first-order chi connectivity index (χ1) is 8.74. The minimum absolute atomic E-state index is 0.0918. The van der Waals surface area contributed by atoms with Crippen molar-refractivity contribution in [1.82, 2.24) is 9.55 Å². The second-order valence-electron chi connectivity index (χ2n) is 5.38. The van der Waals surface area contributed by atoms with E-state index < -0.39 is 5.97 Å². The first-order valence-corrected chi connectivity index (χ1v) is 7.58. The Labute approximate surface area is 111 Å². The second-order valence-corrected chi connectivity index (χ2v) is 6.33. The van der Waals surface area contributed by atoms with Crippen LogP contribution in [0.15, 0.2) is 17.6 Å². The lowest BCUT2D eigenvalue weighted by Gasteiger charge is -2.17. The molecule has 98 valence electrons. The van der Waals surface area contributed by atoms with Gasteiger partial charge < -0.3 is 9.67 Å². The monoisotopic (exact) mass is 266 g/mol. The summed E-state index contributed by atoms with van der Waals surface area (Å²) in [6, 6.07) is 0. The number of nitrogens with zero attached hydrogens (tertiary/aromatic N) is 2. The maximum absolute atomic E-state index is 10.6. The zero-order valence-electron chi connectivity index (χ0n) is 10.3. The number of thioether (sulfide) groups is 1. The van der Waals surface area contributed by atoms with Gasteiger partial charge in [-0.25, -0.2) is 4.98 Å². The Morgan fingerprint density at radius 2 is 2.11 bits per heavy atom. The minimum atomic E-state index is -0.782. The summed E-state index contributed by atoms with van der Waals surface area (Å²) in [5.74, 6) is 1.93. The maximum atomic E-state index is 10.6. The molecular weight excluding hydrogens is 248 g/mol. The molecule has 1 heterocycles. The molecule has 0 unspecified atom stereocenters. The summed E-state index contributed by atoms with van der Waals surface area (Å²) < 4.78 is 2.15. The second kappa shape index (κ2) is 4.96. The molecule has 0 saturated heterocycles. The summed E-state index contributed by atoms with van der Waals surface area (Å²) in [6.45, 7) is 1.03. The number of hydrogen-bond acceptors (Lipinski definition) is 3.